The summed E-state index contributed by atoms with van der Waals surface area (Å²) >= 11 is 0. The number of fused-ring (bicyclic) bond motifs is 1. The van der Waals surface area contributed by atoms with Gasteiger partial charge in [0.1, 0.15) is 5.82 Å². The fourth-order valence-corrected chi connectivity index (χ4v) is 2.01. The van der Waals surface area contributed by atoms with Crippen LogP contribution in [0.5, 0.6) is 0 Å². The van der Waals surface area contributed by atoms with Crippen molar-refractivity contribution in [2.45, 2.75) is 13.8 Å². The van der Waals surface area contributed by atoms with Crippen molar-refractivity contribution in [1.82, 2.24) is 15.0 Å². The van der Waals surface area contributed by atoms with Crippen LogP contribution in [0.2, 0.25) is 0 Å². The highest BCUT2D eigenvalue weighted by Crippen LogP contribution is 2.18. The average Bonchev–Trinajstić information content (AvgIpc) is 2.80. The standard InChI is InChI=1S/C16H15N3/c1-11-9-14-15(10-12(11)2)19-16(18-14)7-6-13-5-3-4-8-17-13/h3-10H,1-2H3,(H,18,19)/b7-6+. The van der Waals surface area contributed by atoms with E-state index in [1.807, 2.05) is 30.4 Å². The Morgan fingerprint density at radius 2 is 1.89 bits per heavy atom. The maximum atomic E-state index is 4.56. The van der Waals surface area contributed by atoms with E-state index in [1.165, 1.54) is 11.1 Å². The van der Waals surface area contributed by atoms with Gasteiger partial charge in [-0.3, -0.25) is 4.98 Å². The minimum Gasteiger partial charge on any atom is -0.338 e. The molecule has 0 saturated heterocycles. The van der Waals surface area contributed by atoms with Gasteiger partial charge in [0.2, 0.25) is 0 Å². The van der Waals surface area contributed by atoms with Gasteiger partial charge in [0.05, 0.1) is 16.7 Å². The molecule has 0 aliphatic heterocycles. The number of aromatic nitrogens is 3. The molecule has 1 N–H and O–H groups in total. The summed E-state index contributed by atoms with van der Waals surface area (Å²) in [7, 11) is 0. The topological polar surface area (TPSA) is 41.6 Å². The van der Waals surface area contributed by atoms with E-state index in [0.717, 1.165) is 22.6 Å². The third-order valence-corrected chi connectivity index (χ3v) is 3.22. The molecule has 0 atom stereocenters. The summed E-state index contributed by atoms with van der Waals surface area (Å²) in [5.41, 5.74) is 5.54. The predicted octanol–water partition coefficient (Wildman–Crippen LogP) is 3.75. The number of benzene rings is 1. The molecule has 94 valence electrons. The van der Waals surface area contributed by atoms with E-state index >= 15 is 0 Å². The first kappa shape index (κ1) is 11.7. The van der Waals surface area contributed by atoms with Gasteiger partial charge < -0.3 is 4.98 Å². The molecular weight excluding hydrogens is 234 g/mol. The highest BCUT2D eigenvalue weighted by Gasteiger charge is 2.02. The number of nitrogens with one attached hydrogen (secondary N) is 1. The average molecular weight is 249 g/mol. The Morgan fingerprint density at radius 3 is 2.68 bits per heavy atom. The van der Waals surface area contributed by atoms with Crippen molar-refractivity contribution in [3.05, 3.63) is 59.2 Å². The van der Waals surface area contributed by atoms with Crippen molar-refractivity contribution >= 4 is 23.2 Å². The van der Waals surface area contributed by atoms with Gasteiger partial charge in [0.25, 0.3) is 0 Å². The minimum absolute atomic E-state index is 0.852. The van der Waals surface area contributed by atoms with Crippen LogP contribution in [0, 0.1) is 13.8 Å². The lowest BCUT2D eigenvalue weighted by Crippen LogP contribution is -1.79. The third-order valence-electron chi connectivity index (χ3n) is 3.22. The fourth-order valence-electron chi connectivity index (χ4n) is 2.01. The van der Waals surface area contributed by atoms with Crippen LogP contribution in [-0.4, -0.2) is 15.0 Å². The molecule has 0 saturated carbocycles. The van der Waals surface area contributed by atoms with Crippen LogP contribution < -0.4 is 0 Å². The Bertz CT molecular complexity index is 700. The van der Waals surface area contributed by atoms with Crippen molar-refractivity contribution in [3.63, 3.8) is 0 Å². The summed E-state index contributed by atoms with van der Waals surface area (Å²) in [5, 5.41) is 0. The second-order valence-corrected chi connectivity index (χ2v) is 4.66. The lowest BCUT2D eigenvalue weighted by Gasteiger charge is -1.97. The van der Waals surface area contributed by atoms with Gasteiger partial charge in [-0.15, -0.1) is 0 Å². The molecule has 2 aromatic heterocycles. The van der Waals surface area contributed by atoms with Crippen molar-refractivity contribution in [1.29, 1.82) is 0 Å². The molecule has 2 heterocycles. The predicted molar refractivity (Wildman–Crippen MR) is 78.7 cm³/mol. The lowest BCUT2D eigenvalue weighted by molar-refractivity contribution is 1.28. The number of pyridine rings is 1. The monoisotopic (exact) mass is 249 g/mol. The zero-order valence-corrected chi connectivity index (χ0v) is 11.0. The Morgan fingerprint density at radius 1 is 1.05 bits per heavy atom. The summed E-state index contributed by atoms with van der Waals surface area (Å²) in [5.74, 6) is 0.852. The number of imidazole rings is 1. The molecule has 3 nitrogen and oxygen atoms in total. The van der Waals surface area contributed by atoms with Crippen LogP contribution >= 0.6 is 0 Å². The largest absolute Gasteiger partial charge is 0.338 e. The number of rotatable bonds is 2. The maximum Gasteiger partial charge on any atom is 0.131 e. The normalized spacial score (nSPS) is 11.5. The number of nitrogens with zero attached hydrogens (tertiary/aromatic N) is 2. The molecule has 3 rings (SSSR count). The number of hydrogen-bond acceptors (Lipinski definition) is 2. The van der Waals surface area contributed by atoms with E-state index in [0.29, 0.717) is 0 Å². The van der Waals surface area contributed by atoms with Crippen LogP contribution in [0.4, 0.5) is 0 Å². The summed E-state index contributed by atoms with van der Waals surface area (Å²) in [6.45, 7) is 4.21. The molecule has 19 heavy (non-hydrogen) atoms. The molecule has 3 aromatic rings. The summed E-state index contributed by atoms with van der Waals surface area (Å²) in [6, 6.07) is 10.1. The summed E-state index contributed by atoms with van der Waals surface area (Å²) in [4.78, 5) is 12.1. The number of hydrogen-bond donors (Lipinski definition) is 1. The molecule has 0 bridgehead atoms. The zero-order valence-electron chi connectivity index (χ0n) is 11.0. The highest BCUT2D eigenvalue weighted by molar-refractivity contribution is 5.80. The van der Waals surface area contributed by atoms with Crippen molar-refractivity contribution in [2.75, 3.05) is 0 Å². The van der Waals surface area contributed by atoms with Gasteiger partial charge in [-0.25, -0.2) is 4.98 Å². The Hall–Kier alpha value is -2.42. The Balaban J connectivity index is 1.96. The van der Waals surface area contributed by atoms with Crippen molar-refractivity contribution in [3.8, 4) is 0 Å². The Kier molecular flexibility index (Phi) is 2.88. The van der Waals surface area contributed by atoms with Crippen LogP contribution in [0.15, 0.2) is 36.5 Å². The second kappa shape index (κ2) is 4.69. The van der Waals surface area contributed by atoms with E-state index < -0.39 is 0 Å². The summed E-state index contributed by atoms with van der Waals surface area (Å²) in [6.07, 6.45) is 5.69. The van der Waals surface area contributed by atoms with Crippen LogP contribution in [0.3, 0.4) is 0 Å². The van der Waals surface area contributed by atoms with Crippen LogP contribution in [-0.2, 0) is 0 Å². The van der Waals surface area contributed by atoms with Gasteiger partial charge in [0.15, 0.2) is 0 Å². The summed E-state index contributed by atoms with van der Waals surface area (Å²) < 4.78 is 0. The zero-order chi connectivity index (χ0) is 13.2. The molecule has 0 radical (unpaired) electrons. The number of aryl methyl sites for hydroxylation is 2. The highest BCUT2D eigenvalue weighted by atomic mass is 14.9. The first-order valence-electron chi connectivity index (χ1n) is 6.28. The van der Waals surface area contributed by atoms with Gasteiger partial charge in [0, 0.05) is 6.20 Å². The third kappa shape index (κ3) is 2.40. The molecule has 1 aromatic carbocycles. The van der Waals surface area contributed by atoms with E-state index in [1.54, 1.807) is 6.20 Å². The number of H-pyrrole nitrogens is 1. The SMILES string of the molecule is Cc1cc2nc(/C=C/c3ccccn3)[nH]c2cc1C. The first-order chi connectivity index (χ1) is 9.22. The van der Waals surface area contributed by atoms with Gasteiger partial charge in [-0.05, 0) is 61.4 Å². The van der Waals surface area contributed by atoms with E-state index in [4.69, 9.17) is 0 Å². The quantitative estimate of drug-likeness (QED) is 0.751. The van der Waals surface area contributed by atoms with E-state index in [2.05, 4.69) is 40.9 Å². The fraction of sp³-hybridized carbons (Fsp3) is 0.125. The molecule has 0 unspecified atom stereocenters. The van der Waals surface area contributed by atoms with E-state index in [-0.39, 0.29) is 0 Å². The van der Waals surface area contributed by atoms with E-state index in [9.17, 15) is 0 Å². The molecule has 0 fully saturated rings. The Labute approximate surface area is 112 Å². The second-order valence-electron chi connectivity index (χ2n) is 4.66. The molecule has 0 aliphatic carbocycles. The first-order valence-corrected chi connectivity index (χ1v) is 6.28. The smallest absolute Gasteiger partial charge is 0.131 e. The molecule has 0 spiro atoms. The lowest BCUT2D eigenvalue weighted by atomic mass is 10.1. The molecule has 0 amide bonds. The van der Waals surface area contributed by atoms with Gasteiger partial charge in [-0.1, -0.05) is 6.07 Å². The molecule has 0 aliphatic rings. The van der Waals surface area contributed by atoms with Gasteiger partial charge in [-0.2, -0.15) is 0 Å². The number of aromatic amines is 1. The van der Waals surface area contributed by atoms with Crippen molar-refractivity contribution < 1.29 is 0 Å². The maximum absolute atomic E-state index is 4.56. The molecule has 3 heteroatoms. The van der Waals surface area contributed by atoms with Crippen LogP contribution in [0.1, 0.15) is 22.6 Å². The van der Waals surface area contributed by atoms with Crippen molar-refractivity contribution in [2.24, 2.45) is 0 Å². The minimum atomic E-state index is 0.852. The van der Waals surface area contributed by atoms with Crippen LogP contribution in [0.25, 0.3) is 23.2 Å². The van der Waals surface area contributed by atoms with Gasteiger partial charge >= 0.3 is 0 Å². The molecular formula is C16H15N3.